The molecule has 0 atom stereocenters. The largest absolute Gasteiger partial charge is 0.339 e. The number of amides is 2. The number of likely N-dealkylation sites (N-methyl/N-ethyl adjacent to an activating group) is 1. The van der Waals surface area contributed by atoms with Gasteiger partial charge in [0.05, 0.1) is 11.4 Å². The van der Waals surface area contributed by atoms with Crippen molar-refractivity contribution < 1.29 is 9.18 Å². The fraction of sp³-hybridized carbons (Fsp3) is 0.350. The lowest BCUT2D eigenvalue weighted by Crippen LogP contribution is -2.48. The van der Waals surface area contributed by atoms with E-state index in [-0.39, 0.29) is 11.8 Å². The second-order valence-electron chi connectivity index (χ2n) is 6.91. The highest BCUT2D eigenvalue weighted by Gasteiger charge is 2.24. The van der Waals surface area contributed by atoms with Gasteiger partial charge in [0.2, 0.25) is 0 Å². The van der Waals surface area contributed by atoms with Crippen LogP contribution in [0, 0.1) is 5.82 Å². The van der Waals surface area contributed by atoms with Crippen LogP contribution in [0.25, 0.3) is 0 Å². The van der Waals surface area contributed by atoms with E-state index in [4.69, 9.17) is 0 Å². The van der Waals surface area contributed by atoms with Gasteiger partial charge in [-0.25, -0.2) is 9.18 Å². The molecule has 2 aromatic carbocycles. The molecule has 1 N–H and O–H groups in total. The molecule has 0 unspecified atom stereocenters. The molecule has 136 valence electrons. The number of para-hydroxylation sites is 1. The number of benzene rings is 2. The molecule has 0 spiro atoms. The molecule has 26 heavy (non-hydrogen) atoms. The van der Waals surface area contributed by atoms with Crippen LogP contribution in [-0.4, -0.2) is 55.6 Å². The van der Waals surface area contributed by atoms with Crippen LogP contribution in [0.1, 0.15) is 5.56 Å². The maximum absolute atomic E-state index is 13.9. The van der Waals surface area contributed by atoms with Crippen molar-refractivity contribution in [1.82, 2.24) is 9.80 Å². The predicted octanol–water partition coefficient (Wildman–Crippen LogP) is 3.30. The number of nitrogens with zero attached hydrogens (tertiary/aromatic N) is 3. The van der Waals surface area contributed by atoms with E-state index in [1.54, 1.807) is 11.0 Å². The standard InChI is InChI=1S/C20H23FN4O/c1-23-10-12-24(13-11-23)20(26)22-17-14-16(21)6-7-19(17)25-9-8-15-4-2-3-5-18(15)25/h2-7,14H,8-13H2,1H3,(H,22,26). The van der Waals surface area contributed by atoms with E-state index in [1.807, 2.05) is 19.2 Å². The van der Waals surface area contributed by atoms with Crippen molar-refractivity contribution >= 4 is 23.1 Å². The zero-order chi connectivity index (χ0) is 18.1. The van der Waals surface area contributed by atoms with Crippen LogP contribution in [0.5, 0.6) is 0 Å². The molecule has 5 nitrogen and oxygen atoms in total. The monoisotopic (exact) mass is 354 g/mol. The van der Waals surface area contributed by atoms with Gasteiger partial charge in [-0.1, -0.05) is 18.2 Å². The van der Waals surface area contributed by atoms with Crippen LogP contribution in [0.4, 0.5) is 26.2 Å². The molecule has 2 aliphatic heterocycles. The molecule has 0 radical (unpaired) electrons. The third-order valence-corrected chi connectivity index (χ3v) is 5.17. The summed E-state index contributed by atoms with van der Waals surface area (Å²) in [5.41, 5.74) is 3.74. The van der Waals surface area contributed by atoms with Gasteiger partial charge < -0.3 is 20.0 Å². The number of carbonyl (C=O) groups is 1. The lowest BCUT2D eigenvalue weighted by atomic mass is 10.1. The molecule has 4 rings (SSSR count). The van der Waals surface area contributed by atoms with Gasteiger partial charge in [0, 0.05) is 38.4 Å². The van der Waals surface area contributed by atoms with Gasteiger partial charge in [-0.15, -0.1) is 0 Å². The zero-order valence-electron chi connectivity index (χ0n) is 14.9. The lowest BCUT2D eigenvalue weighted by molar-refractivity contribution is 0.164. The fourth-order valence-corrected chi connectivity index (χ4v) is 3.64. The Morgan fingerprint density at radius 3 is 2.58 bits per heavy atom. The van der Waals surface area contributed by atoms with E-state index < -0.39 is 0 Å². The van der Waals surface area contributed by atoms with Crippen molar-refractivity contribution in [3.63, 3.8) is 0 Å². The maximum Gasteiger partial charge on any atom is 0.321 e. The summed E-state index contributed by atoms with van der Waals surface area (Å²) in [6.07, 6.45) is 0.944. The average Bonchev–Trinajstić information content (AvgIpc) is 3.06. The third-order valence-electron chi connectivity index (χ3n) is 5.17. The Labute approximate surface area is 153 Å². The first-order valence-electron chi connectivity index (χ1n) is 9.01. The van der Waals surface area contributed by atoms with Gasteiger partial charge in [0.15, 0.2) is 0 Å². The van der Waals surface area contributed by atoms with Gasteiger partial charge >= 0.3 is 6.03 Å². The third kappa shape index (κ3) is 3.24. The first-order chi connectivity index (χ1) is 12.6. The maximum atomic E-state index is 13.9. The summed E-state index contributed by atoms with van der Waals surface area (Å²) in [7, 11) is 2.05. The van der Waals surface area contributed by atoms with Crippen molar-refractivity contribution in [3.05, 3.63) is 53.8 Å². The van der Waals surface area contributed by atoms with E-state index in [0.29, 0.717) is 18.8 Å². The Bertz CT molecular complexity index is 817. The average molecular weight is 354 g/mol. The molecule has 2 heterocycles. The Morgan fingerprint density at radius 1 is 1.00 bits per heavy atom. The van der Waals surface area contributed by atoms with Gasteiger partial charge in [-0.2, -0.15) is 0 Å². The Balaban J connectivity index is 1.59. The molecular weight excluding hydrogens is 331 g/mol. The number of hydrogen-bond acceptors (Lipinski definition) is 3. The number of halogens is 1. The Hall–Kier alpha value is -2.60. The smallest absolute Gasteiger partial charge is 0.321 e. The van der Waals surface area contributed by atoms with Crippen LogP contribution >= 0.6 is 0 Å². The van der Waals surface area contributed by atoms with Gasteiger partial charge in [0.25, 0.3) is 0 Å². The van der Waals surface area contributed by atoms with E-state index in [9.17, 15) is 9.18 Å². The summed E-state index contributed by atoms with van der Waals surface area (Å²) in [6.45, 7) is 3.88. The number of nitrogens with one attached hydrogen (secondary N) is 1. The summed E-state index contributed by atoms with van der Waals surface area (Å²) >= 11 is 0. The number of rotatable bonds is 2. The molecule has 2 aromatic rings. The van der Waals surface area contributed by atoms with Crippen LogP contribution in [-0.2, 0) is 6.42 Å². The highest BCUT2D eigenvalue weighted by atomic mass is 19.1. The summed E-state index contributed by atoms with van der Waals surface area (Å²) in [4.78, 5) is 18.8. The topological polar surface area (TPSA) is 38.8 Å². The molecule has 2 amide bonds. The summed E-state index contributed by atoms with van der Waals surface area (Å²) in [5.74, 6) is -0.352. The summed E-state index contributed by atoms with van der Waals surface area (Å²) in [6, 6.07) is 12.6. The molecular formula is C20H23FN4O. The molecule has 0 aromatic heterocycles. The summed E-state index contributed by atoms with van der Waals surface area (Å²) in [5, 5.41) is 2.93. The van der Waals surface area contributed by atoms with E-state index in [2.05, 4.69) is 27.2 Å². The first-order valence-corrected chi connectivity index (χ1v) is 9.01. The first kappa shape index (κ1) is 16.8. The van der Waals surface area contributed by atoms with Crippen molar-refractivity contribution in [1.29, 1.82) is 0 Å². The molecule has 0 aliphatic carbocycles. The molecule has 1 fully saturated rings. The Morgan fingerprint density at radius 2 is 1.77 bits per heavy atom. The van der Waals surface area contributed by atoms with Gasteiger partial charge in [0.1, 0.15) is 5.82 Å². The van der Waals surface area contributed by atoms with Crippen LogP contribution < -0.4 is 10.2 Å². The molecule has 0 bridgehead atoms. The number of carbonyl (C=O) groups excluding carboxylic acids is 1. The number of hydrogen-bond donors (Lipinski definition) is 1. The fourth-order valence-electron chi connectivity index (χ4n) is 3.64. The molecule has 6 heteroatoms. The molecule has 1 saturated heterocycles. The zero-order valence-corrected chi connectivity index (χ0v) is 14.9. The minimum Gasteiger partial charge on any atom is -0.339 e. The normalized spacial score (nSPS) is 17.3. The highest BCUT2D eigenvalue weighted by molar-refractivity contribution is 5.94. The quantitative estimate of drug-likeness (QED) is 0.899. The number of piperazine rings is 1. The number of anilines is 3. The minimum absolute atomic E-state index is 0.169. The number of urea groups is 1. The van der Waals surface area contributed by atoms with E-state index in [0.717, 1.165) is 37.4 Å². The minimum atomic E-state index is -0.352. The molecule has 0 saturated carbocycles. The second kappa shape index (κ2) is 6.96. The lowest BCUT2D eigenvalue weighted by Gasteiger charge is -2.33. The SMILES string of the molecule is CN1CCN(C(=O)Nc2cc(F)ccc2N2CCc3ccccc32)CC1. The summed E-state index contributed by atoms with van der Waals surface area (Å²) < 4.78 is 13.9. The highest BCUT2D eigenvalue weighted by Crippen LogP contribution is 2.38. The Kier molecular flexibility index (Phi) is 4.51. The molecule has 2 aliphatic rings. The van der Waals surface area contributed by atoms with Crippen molar-refractivity contribution in [3.8, 4) is 0 Å². The van der Waals surface area contributed by atoms with Gasteiger partial charge in [-0.3, -0.25) is 0 Å². The van der Waals surface area contributed by atoms with Crippen molar-refractivity contribution in [2.24, 2.45) is 0 Å². The van der Waals surface area contributed by atoms with Crippen LogP contribution in [0.2, 0.25) is 0 Å². The number of fused-ring (bicyclic) bond motifs is 1. The predicted molar refractivity (Wildman–Crippen MR) is 102 cm³/mol. The second-order valence-corrected chi connectivity index (χ2v) is 6.91. The van der Waals surface area contributed by atoms with Crippen molar-refractivity contribution in [2.45, 2.75) is 6.42 Å². The van der Waals surface area contributed by atoms with E-state index in [1.165, 1.54) is 17.7 Å². The van der Waals surface area contributed by atoms with Crippen LogP contribution in [0.3, 0.4) is 0 Å². The van der Waals surface area contributed by atoms with Gasteiger partial charge in [-0.05, 0) is 43.3 Å². The van der Waals surface area contributed by atoms with Crippen molar-refractivity contribution in [2.75, 3.05) is 50.0 Å². The van der Waals surface area contributed by atoms with Crippen LogP contribution in [0.15, 0.2) is 42.5 Å². The van der Waals surface area contributed by atoms with E-state index >= 15 is 0 Å².